The first kappa shape index (κ1) is 13.8. The first-order valence-electron chi connectivity index (χ1n) is 5.68. The molecule has 0 saturated carbocycles. The van der Waals surface area contributed by atoms with Gasteiger partial charge in [-0.05, 0) is 31.5 Å². The van der Waals surface area contributed by atoms with Crippen LogP contribution in [0.4, 0.5) is 9.93 Å². The van der Waals surface area contributed by atoms with Crippen molar-refractivity contribution in [3.8, 4) is 0 Å². The quantitative estimate of drug-likeness (QED) is 0.912. The van der Waals surface area contributed by atoms with Crippen LogP contribution in [-0.4, -0.2) is 15.4 Å². The van der Waals surface area contributed by atoms with E-state index in [1.165, 1.54) is 0 Å². The molecule has 0 unspecified atom stereocenters. The van der Waals surface area contributed by atoms with E-state index >= 15 is 0 Å². The number of hydrogen-bond acceptors (Lipinski definition) is 4. The number of nitrogens with zero attached hydrogens (tertiary/aromatic N) is 2. The summed E-state index contributed by atoms with van der Waals surface area (Å²) in [5.74, 6) is 0.644. The van der Waals surface area contributed by atoms with Crippen molar-refractivity contribution in [2.24, 2.45) is 0 Å². The van der Waals surface area contributed by atoms with E-state index in [9.17, 15) is 4.79 Å². The van der Waals surface area contributed by atoms with Crippen LogP contribution >= 0.6 is 23.1 Å². The highest BCUT2D eigenvalue weighted by molar-refractivity contribution is 7.09. The predicted molar refractivity (Wildman–Crippen MR) is 76.7 cm³/mol. The molecule has 0 fully saturated rings. The van der Waals surface area contributed by atoms with Gasteiger partial charge in [0.25, 0.3) is 0 Å². The molecule has 1 heterocycles. The number of aromatic nitrogens is 2. The van der Waals surface area contributed by atoms with E-state index in [1.807, 2.05) is 19.1 Å². The van der Waals surface area contributed by atoms with E-state index in [0.29, 0.717) is 16.0 Å². The van der Waals surface area contributed by atoms with E-state index in [0.717, 1.165) is 17.1 Å². The number of hydrogen-bond donors (Lipinski definition) is 2. The number of benzene rings is 1. The fourth-order valence-corrected chi connectivity index (χ4v) is 2.21. The summed E-state index contributed by atoms with van der Waals surface area (Å²) in [4.78, 5) is 15.8. The average molecular weight is 297 g/mol. The summed E-state index contributed by atoms with van der Waals surface area (Å²) >= 11 is 6.97. The molecular weight excluding hydrogens is 284 g/mol. The lowest BCUT2D eigenvalue weighted by molar-refractivity contribution is 0.249. The first-order valence-corrected chi connectivity index (χ1v) is 6.83. The van der Waals surface area contributed by atoms with Crippen molar-refractivity contribution in [2.75, 3.05) is 5.32 Å². The van der Waals surface area contributed by atoms with Crippen molar-refractivity contribution in [3.63, 3.8) is 0 Å². The molecule has 19 heavy (non-hydrogen) atoms. The smallest absolute Gasteiger partial charge is 0.321 e. The van der Waals surface area contributed by atoms with E-state index in [2.05, 4.69) is 20.0 Å². The highest BCUT2D eigenvalue weighted by Gasteiger charge is 2.11. The molecule has 2 N–H and O–H groups in total. The van der Waals surface area contributed by atoms with Crippen LogP contribution in [0.5, 0.6) is 0 Å². The van der Waals surface area contributed by atoms with Crippen molar-refractivity contribution in [2.45, 2.75) is 19.9 Å². The fraction of sp³-hybridized carbons (Fsp3) is 0.250. The molecule has 0 aliphatic carbocycles. The molecule has 5 nitrogen and oxygen atoms in total. The van der Waals surface area contributed by atoms with Crippen LogP contribution < -0.4 is 10.6 Å². The standard InChI is InChI=1S/C12H13ClN4OS/c1-7(9-3-5-10(13)6-4-9)14-11(18)16-12-15-8(2)17-19-12/h3-7H,1-2H3,(H2,14,15,16,17,18)/t7-/m1/s1. The highest BCUT2D eigenvalue weighted by Crippen LogP contribution is 2.16. The highest BCUT2D eigenvalue weighted by atomic mass is 35.5. The van der Waals surface area contributed by atoms with E-state index in [-0.39, 0.29) is 12.1 Å². The molecule has 1 aromatic carbocycles. The monoisotopic (exact) mass is 296 g/mol. The summed E-state index contributed by atoms with van der Waals surface area (Å²) in [6, 6.07) is 6.91. The molecule has 100 valence electrons. The van der Waals surface area contributed by atoms with Gasteiger partial charge in [0.15, 0.2) is 0 Å². The Balaban J connectivity index is 1.93. The third kappa shape index (κ3) is 3.90. The predicted octanol–water partition coefficient (Wildman–Crippen LogP) is 3.38. The van der Waals surface area contributed by atoms with Gasteiger partial charge in [-0.3, -0.25) is 5.32 Å². The second-order valence-electron chi connectivity index (χ2n) is 4.02. The van der Waals surface area contributed by atoms with Crippen LogP contribution in [-0.2, 0) is 0 Å². The minimum absolute atomic E-state index is 0.119. The van der Waals surface area contributed by atoms with Gasteiger partial charge in [-0.1, -0.05) is 23.7 Å². The maximum absolute atomic E-state index is 11.8. The number of aryl methyl sites for hydroxylation is 1. The fourth-order valence-electron chi connectivity index (χ4n) is 1.51. The lowest BCUT2D eigenvalue weighted by Crippen LogP contribution is -2.31. The van der Waals surface area contributed by atoms with Crippen LogP contribution in [0.1, 0.15) is 24.4 Å². The Bertz CT molecular complexity index is 569. The minimum atomic E-state index is -0.307. The Kier molecular flexibility index (Phi) is 4.34. The molecule has 2 rings (SSSR count). The van der Waals surface area contributed by atoms with Gasteiger partial charge in [0.1, 0.15) is 5.82 Å². The molecule has 0 aliphatic heterocycles. The number of urea groups is 1. The molecule has 1 aromatic heterocycles. The number of carbonyl (C=O) groups is 1. The summed E-state index contributed by atoms with van der Waals surface area (Å²) in [5.41, 5.74) is 0.980. The lowest BCUT2D eigenvalue weighted by atomic mass is 10.1. The zero-order valence-corrected chi connectivity index (χ0v) is 12.0. The lowest BCUT2D eigenvalue weighted by Gasteiger charge is -2.14. The Hall–Kier alpha value is -1.66. The van der Waals surface area contributed by atoms with Crippen molar-refractivity contribution in [1.29, 1.82) is 0 Å². The maximum atomic E-state index is 11.8. The van der Waals surface area contributed by atoms with Gasteiger partial charge in [0.2, 0.25) is 5.13 Å². The molecule has 0 saturated heterocycles. The SMILES string of the molecule is Cc1nsc(NC(=O)N[C@H](C)c2ccc(Cl)cc2)n1. The van der Waals surface area contributed by atoms with E-state index in [4.69, 9.17) is 11.6 Å². The second-order valence-corrected chi connectivity index (χ2v) is 5.21. The summed E-state index contributed by atoms with van der Waals surface area (Å²) in [7, 11) is 0. The minimum Gasteiger partial charge on any atom is -0.331 e. The zero-order chi connectivity index (χ0) is 13.8. The van der Waals surface area contributed by atoms with Gasteiger partial charge >= 0.3 is 6.03 Å². The molecular formula is C12H13ClN4OS. The van der Waals surface area contributed by atoms with E-state index in [1.54, 1.807) is 19.1 Å². The van der Waals surface area contributed by atoms with Crippen LogP contribution in [0.2, 0.25) is 5.02 Å². The number of carbonyl (C=O) groups excluding carboxylic acids is 1. The van der Waals surface area contributed by atoms with Crippen molar-refractivity contribution < 1.29 is 4.79 Å². The molecule has 0 radical (unpaired) electrons. The van der Waals surface area contributed by atoms with E-state index < -0.39 is 0 Å². The average Bonchev–Trinajstić information content (AvgIpc) is 2.75. The van der Waals surface area contributed by atoms with Crippen LogP contribution in [0.3, 0.4) is 0 Å². The third-order valence-corrected chi connectivity index (χ3v) is 3.44. The molecule has 0 bridgehead atoms. The number of anilines is 1. The largest absolute Gasteiger partial charge is 0.331 e. The first-order chi connectivity index (χ1) is 9.04. The molecule has 1 atom stereocenters. The summed E-state index contributed by atoms with van der Waals surface area (Å²) in [6.45, 7) is 3.67. The molecule has 2 aromatic rings. The Labute approximate surface area is 120 Å². The number of nitrogens with one attached hydrogen (secondary N) is 2. The van der Waals surface area contributed by atoms with Gasteiger partial charge in [0.05, 0.1) is 6.04 Å². The van der Waals surface area contributed by atoms with Gasteiger partial charge in [-0.15, -0.1) is 0 Å². The van der Waals surface area contributed by atoms with Gasteiger partial charge in [-0.25, -0.2) is 9.78 Å². The van der Waals surface area contributed by atoms with Crippen molar-refractivity contribution in [3.05, 3.63) is 40.7 Å². The molecule has 0 aliphatic rings. The normalized spacial score (nSPS) is 11.9. The molecule has 2 amide bonds. The summed E-state index contributed by atoms with van der Waals surface area (Å²) < 4.78 is 3.99. The van der Waals surface area contributed by atoms with Gasteiger partial charge in [-0.2, -0.15) is 4.37 Å². The maximum Gasteiger partial charge on any atom is 0.321 e. The number of rotatable bonds is 3. The van der Waals surface area contributed by atoms with Crippen LogP contribution in [0.25, 0.3) is 0 Å². The molecule has 0 spiro atoms. The number of halogens is 1. The van der Waals surface area contributed by atoms with Crippen LogP contribution in [0, 0.1) is 6.92 Å². The van der Waals surface area contributed by atoms with Gasteiger partial charge < -0.3 is 5.32 Å². The third-order valence-electron chi connectivity index (χ3n) is 2.47. The summed E-state index contributed by atoms with van der Waals surface area (Å²) in [5, 5.41) is 6.62. The Morgan fingerprint density at radius 2 is 2.05 bits per heavy atom. The molecule has 7 heteroatoms. The van der Waals surface area contributed by atoms with Crippen molar-refractivity contribution >= 4 is 34.3 Å². The topological polar surface area (TPSA) is 66.9 Å². The van der Waals surface area contributed by atoms with Crippen LogP contribution in [0.15, 0.2) is 24.3 Å². The second kappa shape index (κ2) is 5.99. The zero-order valence-electron chi connectivity index (χ0n) is 10.5. The van der Waals surface area contributed by atoms with Gasteiger partial charge in [0, 0.05) is 16.6 Å². The number of amides is 2. The summed E-state index contributed by atoms with van der Waals surface area (Å²) in [6.07, 6.45) is 0. The Morgan fingerprint density at radius 1 is 1.37 bits per heavy atom. The van der Waals surface area contributed by atoms with Crippen molar-refractivity contribution in [1.82, 2.24) is 14.7 Å². The Morgan fingerprint density at radius 3 is 2.63 bits per heavy atom.